The number of aromatic nitrogens is 4. The molecule has 1 atom stereocenters. The van der Waals surface area contributed by atoms with Crippen molar-refractivity contribution in [2.75, 3.05) is 0 Å². The van der Waals surface area contributed by atoms with Crippen molar-refractivity contribution in [3.05, 3.63) is 35.7 Å². The van der Waals surface area contributed by atoms with Crippen molar-refractivity contribution in [1.29, 1.82) is 5.41 Å². The van der Waals surface area contributed by atoms with E-state index in [2.05, 4.69) is 44.6 Å². The maximum Gasteiger partial charge on any atom is 0.264 e. The minimum atomic E-state index is -0.321. The molecule has 6 nitrogen and oxygen atoms in total. The van der Waals surface area contributed by atoms with Crippen molar-refractivity contribution in [3.63, 3.8) is 0 Å². The molecule has 0 aliphatic carbocycles. The number of hydrogen-bond donors (Lipinski definition) is 1. The number of oxazole rings is 1. The molecule has 6 heteroatoms. The van der Waals surface area contributed by atoms with E-state index in [9.17, 15) is 0 Å². The van der Waals surface area contributed by atoms with Gasteiger partial charge in [-0.15, -0.1) is 0 Å². The topological polar surface area (TPSA) is 80.6 Å². The van der Waals surface area contributed by atoms with Gasteiger partial charge in [0.2, 0.25) is 11.4 Å². The van der Waals surface area contributed by atoms with Crippen LogP contribution in [0.3, 0.4) is 0 Å². The Morgan fingerprint density at radius 3 is 2.52 bits per heavy atom. The Morgan fingerprint density at radius 1 is 1.10 bits per heavy atom. The van der Waals surface area contributed by atoms with E-state index in [1.165, 1.54) is 12.8 Å². The van der Waals surface area contributed by atoms with Gasteiger partial charge in [-0.05, 0) is 38.3 Å². The van der Waals surface area contributed by atoms with E-state index >= 15 is 0 Å². The van der Waals surface area contributed by atoms with Crippen LogP contribution in [-0.4, -0.2) is 19.5 Å². The number of benzene rings is 1. The van der Waals surface area contributed by atoms with Crippen molar-refractivity contribution in [2.24, 2.45) is 5.92 Å². The lowest BCUT2D eigenvalue weighted by Gasteiger charge is -2.28. The Labute approximate surface area is 172 Å². The zero-order chi connectivity index (χ0) is 21.0. The van der Waals surface area contributed by atoms with Crippen LogP contribution in [0.5, 0.6) is 0 Å². The normalized spacial score (nSPS) is 13.1. The third-order valence-corrected chi connectivity index (χ3v) is 5.86. The van der Waals surface area contributed by atoms with Gasteiger partial charge in [-0.1, -0.05) is 58.6 Å². The molecule has 3 aromatic rings. The summed E-state index contributed by atoms with van der Waals surface area (Å²) in [6.45, 7) is 10.7. The van der Waals surface area contributed by atoms with Crippen LogP contribution in [0.4, 0.5) is 0 Å². The molecule has 0 spiro atoms. The molecule has 0 aliphatic rings. The molecule has 2 aromatic heterocycles. The van der Waals surface area contributed by atoms with Gasteiger partial charge in [0, 0.05) is 12.0 Å². The molecule has 29 heavy (non-hydrogen) atoms. The molecule has 0 saturated heterocycles. The van der Waals surface area contributed by atoms with Gasteiger partial charge in [0.15, 0.2) is 5.58 Å². The SMILES string of the molecule is CCCCC(CC)Cc1nc(-c2nc3ccccc3o2)n(C(C)(C)CC)c(=N)n1. The lowest BCUT2D eigenvalue weighted by atomic mass is 9.95. The van der Waals surface area contributed by atoms with E-state index in [0.29, 0.717) is 23.5 Å². The summed E-state index contributed by atoms with van der Waals surface area (Å²) in [6.07, 6.45) is 6.27. The second-order valence-electron chi connectivity index (χ2n) is 8.40. The summed E-state index contributed by atoms with van der Waals surface area (Å²) in [5.41, 5.74) is 1.41. The van der Waals surface area contributed by atoms with Gasteiger partial charge in [-0.2, -0.15) is 4.98 Å². The summed E-state index contributed by atoms with van der Waals surface area (Å²) in [4.78, 5) is 14.1. The van der Waals surface area contributed by atoms with Gasteiger partial charge in [-0.25, -0.2) is 9.97 Å². The highest BCUT2D eigenvalue weighted by Gasteiger charge is 2.27. The molecule has 0 aliphatic heterocycles. The molecule has 0 saturated carbocycles. The highest BCUT2D eigenvalue weighted by atomic mass is 16.3. The predicted octanol–water partition coefficient (Wildman–Crippen LogP) is 5.47. The maximum atomic E-state index is 8.68. The van der Waals surface area contributed by atoms with Crippen LogP contribution in [0.2, 0.25) is 0 Å². The average molecular weight is 396 g/mol. The third kappa shape index (κ3) is 4.57. The highest BCUT2D eigenvalue weighted by Crippen LogP contribution is 2.27. The molecular weight excluding hydrogens is 362 g/mol. The van der Waals surface area contributed by atoms with Crippen molar-refractivity contribution < 1.29 is 4.42 Å². The molecule has 3 rings (SSSR count). The number of fused-ring (bicyclic) bond motifs is 1. The van der Waals surface area contributed by atoms with E-state index in [1.807, 2.05) is 28.8 Å². The summed E-state index contributed by atoms with van der Waals surface area (Å²) in [5.74, 6) is 2.28. The van der Waals surface area contributed by atoms with Crippen molar-refractivity contribution in [2.45, 2.75) is 78.7 Å². The lowest BCUT2D eigenvalue weighted by Crippen LogP contribution is -2.40. The van der Waals surface area contributed by atoms with Gasteiger partial charge in [-0.3, -0.25) is 9.98 Å². The number of para-hydroxylation sites is 2. The Kier molecular flexibility index (Phi) is 6.50. The molecule has 0 fully saturated rings. The third-order valence-electron chi connectivity index (χ3n) is 5.86. The van der Waals surface area contributed by atoms with Crippen LogP contribution in [-0.2, 0) is 12.0 Å². The molecular formula is C23H33N5O. The number of nitrogens with zero attached hydrogens (tertiary/aromatic N) is 4. The lowest BCUT2D eigenvalue weighted by molar-refractivity contribution is 0.315. The van der Waals surface area contributed by atoms with Crippen molar-refractivity contribution >= 4 is 11.1 Å². The van der Waals surface area contributed by atoms with E-state index in [0.717, 1.165) is 36.8 Å². The van der Waals surface area contributed by atoms with Crippen LogP contribution < -0.4 is 5.62 Å². The molecule has 156 valence electrons. The zero-order valence-electron chi connectivity index (χ0n) is 18.3. The number of hydrogen-bond acceptors (Lipinski definition) is 5. The molecule has 1 N–H and O–H groups in total. The summed E-state index contributed by atoms with van der Waals surface area (Å²) in [6, 6.07) is 7.71. The summed E-state index contributed by atoms with van der Waals surface area (Å²) in [7, 11) is 0. The van der Waals surface area contributed by atoms with Crippen LogP contribution in [0.25, 0.3) is 22.8 Å². The quantitative estimate of drug-likeness (QED) is 0.521. The second-order valence-corrected chi connectivity index (χ2v) is 8.40. The van der Waals surface area contributed by atoms with Crippen LogP contribution in [0.1, 0.15) is 72.5 Å². The van der Waals surface area contributed by atoms with Gasteiger partial charge >= 0.3 is 0 Å². The minimum absolute atomic E-state index is 0.212. The second kappa shape index (κ2) is 8.89. The predicted molar refractivity (Wildman–Crippen MR) is 116 cm³/mol. The average Bonchev–Trinajstić information content (AvgIpc) is 3.14. The number of nitrogens with one attached hydrogen (secondary N) is 1. The molecule has 2 heterocycles. The highest BCUT2D eigenvalue weighted by molar-refractivity contribution is 5.74. The smallest absolute Gasteiger partial charge is 0.264 e. The first kappa shape index (κ1) is 21.2. The molecule has 1 unspecified atom stereocenters. The standard InChI is InChI=1S/C23H33N5O/c1-6-9-12-16(7-2)15-19-26-20(28(22(24)27-19)23(4,5)8-3)21-25-17-13-10-11-14-18(17)29-21/h10-11,13-14,16,24H,6-9,12,15H2,1-5H3. The number of unbranched alkanes of at least 4 members (excludes halogenated alkanes) is 1. The van der Waals surface area contributed by atoms with Gasteiger partial charge in [0.25, 0.3) is 5.89 Å². The number of rotatable bonds is 9. The Balaban J connectivity index is 2.12. The summed E-state index contributed by atoms with van der Waals surface area (Å²) in [5, 5.41) is 8.68. The molecule has 0 bridgehead atoms. The van der Waals surface area contributed by atoms with E-state index in [4.69, 9.17) is 14.8 Å². The maximum absolute atomic E-state index is 8.68. The van der Waals surface area contributed by atoms with E-state index in [-0.39, 0.29) is 11.2 Å². The largest absolute Gasteiger partial charge is 0.434 e. The van der Waals surface area contributed by atoms with Crippen molar-refractivity contribution in [3.8, 4) is 11.7 Å². The Morgan fingerprint density at radius 2 is 1.86 bits per heavy atom. The Bertz CT molecular complexity index is 985. The monoisotopic (exact) mass is 395 g/mol. The molecule has 0 amide bonds. The molecule has 1 aromatic carbocycles. The fourth-order valence-electron chi connectivity index (χ4n) is 3.61. The fraction of sp³-hybridized carbons (Fsp3) is 0.565. The van der Waals surface area contributed by atoms with E-state index < -0.39 is 0 Å². The van der Waals surface area contributed by atoms with E-state index in [1.54, 1.807) is 0 Å². The minimum Gasteiger partial charge on any atom is -0.434 e. The first-order valence-corrected chi connectivity index (χ1v) is 10.8. The summed E-state index contributed by atoms with van der Waals surface area (Å²) >= 11 is 0. The molecule has 0 radical (unpaired) electrons. The Hall–Kier alpha value is -2.50. The van der Waals surface area contributed by atoms with Crippen LogP contribution in [0, 0.1) is 11.3 Å². The van der Waals surface area contributed by atoms with Gasteiger partial charge < -0.3 is 4.42 Å². The summed E-state index contributed by atoms with van der Waals surface area (Å²) < 4.78 is 7.89. The first-order chi connectivity index (χ1) is 13.9. The zero-order valence-corrected chi connectivity index (χ0v) is 18.3. The van der Waals surface area contributed by atoms with Gasteiger partial charge in [0.05, 0.1) is 0 Å². The fourth-order valence-corrected chi connectivity index (χ4v) is 3.61. The van der Waals surface area contributed by atoms with Crippen molar-refractivity contribution in [1.82, 2.24) is 19.5 Å². The van der Waals surface area contributed by atoms with Gasteiger partial charge in [0.1, 0.15) is 11.3 Å². The first-order valence-electron chi connectivity index (χ1n) is 10.8. The van der Waals surface area contributed by atoms with Crippen LogP contribution >= 0.6 is 0 Å². The van der Waals surface area contributed by atoms with Crippen LogP contribution in [0.15, 0.2) is 28.7 Å².